The van der Waals surface area contributed by atoms with Gasteiger partial charge in [-0.25, -0.2) is 0 Å². The molecule has 3 rings (SSSR count). The van der Waals surface area contributed by atoms with Crippen LogP contribution in [0.2, 0.25) is 0 Å². The molecule has 150 valence electrons. The summed E-state index contributed by atoms with van der Waals surface area (Å²) in [5, 5.41) is 1.90. The highest BCUT2D eigenvalue weighted by Gasteiger charge is 2.34. The van der Waals surface area contributed by atoms with Gasteiger partial charge in [-0.3, -0.25) is 20.4 Å². The molecule has 3 aromatic carbocycles. The van der Waals surface area contributed by atoms with Crippen LogP contribution in [0, 0.1) is 0 Å². The minimum atomic E-state index is -4.60. The first-order chi connectivity index (χ1) is 13.8. The first kappa shape index (κ1) is 20.2. The van der Waals surface area contributed by atoms with Crippen LogP contribution < -0.4 is 15.6 Å². The van der Waals surface area contributed by atoms with E-state index < -0.39 is 35.9 Å². The number of halogens is 3. The van der Waals surface area contributed by atoms with Crippen LogP contribution >= 0.6 is 0 Å². The Hall–Kier alpha value is -3.55. The van der Waals surface area contributed by atoms with Gasteiger partial charge in [-0.1, -0.05) is 54.6 Å². The number of alkyl halides is 3. The van der Waals surface area contributed by atoms with Gasteiger partial charge in [0.1, 0.15) is 5.75 Å². The molecule has 0 aliphatic carbocycles. The number of carbonyl (C=O) groups excluding carboxylic acids is 2. The Morgan fingerprint density at radius 1 is 0.828 bits per heavy atom. The van der Waals surface area contributed by atoms with Crippen molar-refractivity contribution < 1.29 is 27.5 Å². The van der Waals surface area contributed by atoms with E-state index in [0.717, 1.165) is 28.5 Å². The first-order valence-corrected chi connectivity index (χ1v) is 8.68. The number of benzene rings is 3. The van der Waals surface area contributed by atoms with Crippen molar-refractivity contribution in [3.8, 4) is 5.75 Å². The highest BCUT2D eigenvalue weighted by atomic mass is 19.4. The molecule has 2 amide bonds. The van der Waals surface area contributed by atoms with Crippen molar-refractivity contribution in [2.45, 2.75) is 12.6 Å². The summed E-state index contributed by atoms with van der Waals surface area (Å²) in [4.78, 5) is 23.9. The summed E-state index contributed by atoms with van der Waals surface area (Å²) >= 11 is 0. The maximum atomic E-state index is 12.9. The van der Waals surface area contributed by atoms with Gasteiger partial charge >= 0.3 is 6.18 Å². The molecule has 0 saturated carbocycles. The molecule has 8 heteroatoms. The van der Waals surface area contributed by atoms with Crippen LogP contribution in [0.15, 0.2) is 66.7 Å². The highest BCUT2D eigenvalue weighted by Crippen LogP contribution is 2.35. The van der Waals surface area contributed by atoms with Gasteiger partial charge in [-0.15, -0.1) is 0 Å². The van der Waals surface area contributed by atoms with E-state index in [1.165, 1.54) is 12.1 Å². The van der Waals surface area contributed by atoms with Crippen LogP contribution in [0.3, 0.4) is 0 Å². The van der Waals surface area contributed by atoms with Crippen LogP contribution in [-0.4, -0.2) is 18.4 Å². The third-order valence-electron chi connectivity index (χ3n) is 4.12. The Morgan fingerprint density at radius 2 is 1.48 bits per heavy atom. The molecule has 3 aromatic rings. The number of para-hydroxylation sites is 1. The lowest BCUT2D eigenvalue weighted by Crippen LogP contribution is -2.44. The van der Waals surface area contributed by atoms with Crippen LogP contribution in [0.1, 0.15) is 11.1 Å². The average Bonchev–Trinajstić information content (AvgIpc) is 2.70. The summed E-state index contributed by atoms with van der Waals surface area (Å²) in [5.74, 6) is -1.71. The lowest BCUT2D eigenvalue weighted by molar-refractivity contribution is -0.139. The Labute approximate surface area is 164 Å². The number of nitrogens with one attached hydrogen (secondary N) is 2. The van der Waals surface area contributed by atoms with Gasteiger partial charge < -0.3 is 4.74 Å². The van der Waals surface area contributed by atoms with Gasteiger partial charge in [0.25, 0.3) is 5.91 Å². The quantitative estimate of drug-likeness (QED) is 0.641. The lowest BCUT2D eigenvalue weighted by Gasteiger charge is -2.14. The molecular formula is C21H17F3N2O3. The summed E-state index contributed by atoms with van der Waals surface area (Å²) in [6.07, 6.45) is -4.57. The van der Waals surface area contributed by atoms with Gasteiger partial charge in [-0.05, 0) is 28.5 Å². The molecule has 29 heavy (non-hydrogen) atoms. The second-order valence-electron chi connectivity index (χ2n) is 6.19. The van der Waals surface area contributed by atoms with E-state index in [2.05, 4.69) is 10.9 Å². The van der Waals surface area contributed by atoms with E-state index in [4.69, 9.17) is 4.74 Å². The fourth-order valence-electron chi connectivity index (χ4n) is 2.81. The van der Waals surface area contributed by atoms with Crippen LogP contribution in [0.25, 0.3) is 10.8 Å². The van der Waals surface area contributed by atoms with E-state index in [9.17, 15) is 22.8 Å². The molecule has 0 heterocycles. The third kappa shape index (κ3) is 5.25. The standard InChI is InChI=1S/C21H17F3N2O3/c22-21(23,24)17-10-3-4-11-18(17)29-13-20(28)26-25-19(27)12-15-8-5-7-14-6-1-2-9-16(14)15/h1-11H,12-13H2,(H,25,27)(H,26,28). The number of rotatable bonds is 5. The number of hydrogen-bond acceptors (Lipinski definition) is 3. The molecule has 0 aromatic heterocycles. The molecule has 0 spiro atoms. The smallest absolute Gasteiger partial charge is 0.419 e. The molecule has 2 N–H and O–H groups in total. The van der Waals surface area contributed by atoms with Crippen molar-refractivity contribution in [2.75, 3.05) is 6.61 Å². The Morgan fingerprint density at radius 3 is 2.28 bits per heavy atom. The maximum absolute atomic E-state index is 12.9. The van der Waals surface area contributed by atoms with Gasteiger partial charge in [0.05, 0.1) is 12.0 Å². The zero-order valence-corrected chi connectivity index (χ0v) is 15.1. The van der Waals surface area contributed by atoms with E-state index in [1.54, 1.807) is 6.07 Å². The number of ether oxygens (including phenoxy) is 1. The number of carbonyl (C=O) groups is 2. The fourth-order valence-corrected chi connectivity index (χ4v) is 2.81. The molecule has 0 atom stereocenters. The Bertz CT molecular complexity index is 1030. The van der Waals surface area contributed by atoms with Crippen molar-refractivity contribution in [1.29, 1.82) is 0 Å². The predicted octanol–water partition coefficient (Wildman–Crippen LogP) is 3.63. The summed E-state index contributed by atoms with van der Waals surface area (Å²) in [5.41, 5.74) is 4.17. The second kappa shape index (κ2) is 8.64. The van der Waals surface area contributed by atoms with Crippen molar-refractivity contribution in [2.24, 2.45) is 0 Å². The SMILES string of the molecule is O=C(COc1ccccc1C(F)(F)F)NNC(=O)Cc1cccc2ccccc12. The topological polar surface area (TPSA) is 67.4 Å². The van der Waals surface area contributed by atoms with E-state index >= 15 is 0 Å². The van der Waals surface area contributed by atoms with E-state index in [1.807, 2.05) is 36.4 Å². The molecule has 5 nitrogen and oxygen atoms in total. The van der Waals surface area contributed by atoms with Gasteiger partial charge in [0, 0.05) is 0 Å². The third-order valence-corrected chi connectivity index (χ3v) is 4.12. The number of fused-ring (bicyclic) bond motifs is 1. The minimum absolute atomic E-state index is 0.0272. The highest BCUT2D eigenvalue weighted by molar-refractivity contribution is 5.91. The molecule has 0 bridgehead atoms. The summed E-state index contributed by atoms with van der Waals surface area (Å²) < 4.78 is 43.7. The lowest BCUT2D eigenvalue weighted by atomic mass is 10.0. The van der Waals surface area contributed by atoms with Crippen LogP contribution in [-0.2, 0) is 22.2 Å². The minimum Gasteiger partial charge on any atom is -0.483 e. The Balaban J connectivity index is 1.53. The maximum Gasteiger partial charge on any atom is 0.419 e. The summed E-state index contributed by atoms with van der Waals surface area (Å²) in [6.45, 7) is -0.679. The van der Waals surface area contributed by atoms with Crippen LogP contribution in [0.5, 0.6) is 5.75 Å². The van der Waals surface area contributed by atoms with Gasteiger partial charge in [-0.2, -0.15) is 13.2 Å². The van der Waals surface area contributed by atoms with E-state index in [0.29, 0.717) is 0 Å². The summed E-state index contributed by atoms with van der Waals surface area (Å²) in [6, 6.07) is 17.7. The number of hydrazine groups is 1. The van der Waals surface area contributed by atoms with Crippen molar-refractivity contribution >= 4 is 22.6 Å². The normalized spacial score (nSPS) is 11.1. The zero-order chi connectivity index (χ0) is 20.9. The molecule has 0 radical (unpaired) electrons. The first-order valence-electron chi connectivity index (χ1n) is 8.68. The van der Waals surface area contributed by atoms with Crippen molar-refractivity contribution in [3.63, 3.8) is 0 Å². The average molecular weight is 402 g/mol. The zero-order valence-electron chi connectivity index (χ0n) is 15.1. The monoisotopic (exact) mass is 402 g/mol. The molecule has 0 unspecified atom stereocenters. The summed E-state index contributed by atoms with van der Waals surface area (Å²) in [7, 11) is 0. The van der Waals surface area contributed by atoms with E-state index in [-0.39, 0.29) is 6.42 Å². The van der Waals surface area contributed by atoms with Gasteiger partial charge in [0.15, 0.2) is 6.61 Å². The van der Waals surface area contributed by atoms with Crippen LogP contribution in [0.4, 0.5) is 13.2 Å². The molecule has 0 aliphatic heterocycles. The molecule has 0 saturated heterocycles. The number of hydrogen-bond donors (Lipinski definition) is 2. The molecule has 0 fully saturated rings. The molecular weight excluding hydrogens is 385 g/mol. The Kier molecular flexibility index (Phi) is 6.01. The largest absolute Gasteiger partial charge is 0.483 e. The van der Waals surface area contributed by atoms with Crippen molar-refractivity contribution in [1.82, 2.24) is 10.9 Å². The molecule has 0 aliphatic rings. The van der Waals surface area contributed by atoms with Crippen molar-refractivity contribution in [3.05, 3.63) is 77.9 Å². The second-order valence-corrected chi connectivity index (χ2v) is 6.19. The fraction of sp³-hybridized carbons (Fsp3) is 0.143. The predicted molar refractivity (Wildman–Crippen MR) is 101 cm³/mol. The van der Waals surface area contributed by atoms with Gasteiger partial charge in [0.2, 0.25) is 5.91 Å². The number of amides is 2.